The normalized spacial score (nSPS) is 29.4. The average molecular weight is 318 g/mol. The summed E-state index contributed by atoms with van der Waals surface area (Å²) in [6.07, 6.45) is 6.53. The zero-order valence-electron chi connectivity index (χ0n) is 11.5. The first kappa shape index (κ1) is 14.4. The second kappa shape index (κ2) is 5.31. The third kappa shape index (κ3) is 2.38. The van der Waals surface area contributed by atoms with Crippen LogP contribution < -0.4 is 0 Å². The van der Waals surface area contributed by atoms with E-state index in [9.17, 15) is 8.42 Å². The van der Waals surface area contributed by atoms with E-state index in [1.807, 2.05) is 0 Å². The van der Waals surface area contributed by atoms with Gasteiger partial charge >= 0.3 is 0 Å². The van der Waals surface area contributed by atoms with Gasteiger partial charge in [-0.25, -0.2) is 8.42 Å². The molecule has 2 saturated carbocycles. The van der Waals surface area contributed by atoms with Crippen molar-refractivity contribution in [3.63, 3.8) is 0 Å². The molecule has 1 N–H and O–H groups in total. The standard InChI is InChI=1S/C13H20ClN3O2S/c1-17(8-11-5-9-2-3-10(11)4-9)20(18,19)13-12(6-14)7-15-16-13/h7,9-11H,2-6,8H2,1H3,(H,15,16). The monoisotopic (exact) mass is 317 g/mol. The lowest BCUT2D eigenvalue weighted by atomic mass is 9.89. The molecular weight excluding hydrogens is 298 g/mol. The molecule has 7 heteroatoms. The molecular formula is C13H20ClN3O2S. The maximum atomic E-state index is 12.6. The zero-order chi connectivity index (χ0) is 14.3. The fourth-order valence-corrected chi connectivity index (χ4v) is 5.41. The molecule has 1 aromatic rings. The van der Waals surface area contributed by atoms with E-state index in [0.29, 0.717) is 23.9 Å². The fourth-order valence-electron chi connectivity index (χ4n) is 3.80. The molecule has 0 radical (unpaired) electrons. The molecule has 5 nitrogen and oxygen atoms in total. The molecule has 0 amide bonds. The van der Waals surface area contributed by atoms with Gasteiger partial charge in [-0.3, -0.25) is 5.10 Å². The van der Waals surface area contributed by atoms with Crippen LogP contribution in [0.15, 0.2) is 11.2 Å². The van der Waals surface area contributed by atoms with Crippen molar-refractivity contribution in [2.75, 3.05) is 13.6 Å². The Morgan fingerprint density at radius 1 is 1.45 bits per heavy atom. The van der Waals surface area contributed by atoms with E-state index in [4.69, 9.17) is 11.6 Å². The van der Waals surface area contributed by atoms with E-state index in [0.717, 1.165) is 5.92 Å². The third-order valence-corrected chi connectivity index (χ3v) is 6.99. The minimum atomic E-state index is -3.51. The molecule has 1 aromatic heterocycles. The van der Waals surface area contributed by atoms with Gasteiger partial charge in [0.1, 0.15) is 0 Å². The van der Waals surface area contributed by atoms with E-state index >= 15 is 0 Å². The number of halogens is 1. The molecule has 1 heterocycles. The number of sulfonamides is 1. The van der Waals surface area contributed by atoms with Gasteiger partial charge < -0.3 is 0 Å². The van der Waals surface area contributed by atoms with Gasteiger partial charge in [0, 0.05) is 19.2 Å². The summed E-state index contributed by atoms with van der Waals surface area (Å²) in [6, 6.07) is 0. The highest BCUT2D eigenvalue weighted by atomic mass is 35.5. The van der Waals surface area contributed by atoms with Crippen LogP contribution in [0.1, 0.15) is 31.2 Å². The van der Waals surface area contributed by atoms with Crippen LogP contribution in [0.5, 0.6) is 0 Å². The molecule has 2 bridgehead atoms. The molecule has 0 saturated heterocycles. The second-order valence-corrected chi connectivity index (χ2v) is 8.33. The minimum Gasteiger partial charge on any atom is -0.266 e. The summed E-state index contributed by atoms with van der Waals surface area (Å²) >= 11 is 5.76. The van der Waals surface area contributed by atoms with Crippen molar-refractivity contribution in [3.05, 3.63) is 11.8 Å². The van der Waals surface area contributed by atoms with Crippen LogP contribution in [0.3, 0.4) is 0 Å². The Balaban J connectivity index is 1.74. The Kier molecular flexibility index (Phi) is 3.81. The highest BCUT2D eigenvalue weighted by Crippen LogP contribution is 2.48. The Morgan fingerprint density at radius 3 is 2.85 bits per heavy atom. The number of hydrogen-bond donors (Lipinski definition) is 1. The average Bonchev–Trinajstić information content (AvgIpc) is 3.14. The van der Waals surface area contributed by atoms with Crippen molar-refractivity contribution >= 4 is 21.6 Å². The smallest absolute Gasteiger partial charge is 0.260 e. The third-order valence-electron chi connectivity index (χ3n) is 4.87. The number of rotatable bonds is 5. The van der Waals surface area contributed by atoms with Gasteiger partial charge in [-0.15, -0.1) is 11.6 Å². The number of nitrogens with zero attached hydrogens (tertiary/aromatic N) is 2. The van der Waals surface area contributed by atoms with Crippen LogP contribution in [-0.4, -0.2) is 36.5 Å². The van der Waals surface area contributed by atoms with Gasteiger partial charge in [0.25, 0.3) is 10.0 Å². The first-order chi connectivity index (χ1) is 9.52. The number of aromatic amines is 1. The van der Waals surface area contributed by atoms with Gasteiger partial charge in [0.05, 0.1) is 12.1 Å². The molecule has 3 atom stereocenters. The highest BCUT2D eigenvalue weighted by Gasteiger charge is 2.41. The maximum absolute atomic E-state index is 12.6. The summed E-state index contributed by atoms with van der Waals surface area (Å²) in [5.41, 5.74) is 0.534. The fraction of sp³-hybridized carbons (Fsp3) is 0.769. The van der Waals surface area contributed by atoms with Crippen molar-refractivity contribution in [2.24, 2.45) is 17.8 Å². The molecule has 3 rings (SSSR count). The van der Waals surface area contributed by atoms with E-state index in [1.165, 1.54) is 36.2 Å². The molecule has 2 aliphatic rings. The van der Waals surface area contributed by atoms with Crippen molar-refractivity contribution in [3.8, 4) is 0 Å². The summed E-state index contributed by atoms with van der Waals surface area (Å²) in [6.45, 7) is 0.601. The lowest BCUT2D eigenvalue weighted by Crippen LogP contribution is -2.34. The zero-order valence-corrected chi connectivity index (χ0v) is 13.1. The summed E-state index contributed by atoms with van der Waals surface area (Å²) in [7, 11) is -1.86. The van der Waals surface area contributed by atoms with Crippen LogP contribution in [-0.2, 0) is 15.9 Å². The quantitative estimate of drug-likeness (QED) is 0.847. The maximum Gasteiger partial charge on any atom is 0.260 e. The van der Waals surface area contributed by atoms with Gasteiger partial charge in [0.2, 0.25) is 0 Å². The molecule has 3 unspecified atom stereocenters. The Hall–Kier alpha value is -0.590. The second-order valence-electron chi connectivity index (χ2n) is 6.08. The number of alkyl halides is 1. The molecule has 2 fully saturated rings. The number of H-pyrrole nitrogens is 1. The molecule has 112 valence electrons. The van der Waals surface area contributed by atoms with Gasteiger partial charge in [0.15, 0.2) is 5.03 Å². The van der Waals surface area contributed by atoms with Gasteiger partial charge in [-0.1, -0.05) is 6.42 Å². The summed E-state index contributed by atoms with van der Waals surface area (Å²) in [4.78, 5) is 0. The SMILES string of the molecule is CN(CC1CC2CCC1C2)S(=O)(=O)c1[nH]ncc1CCl. The van der Waals surface area contributed by atoms with Gasteiger partial charge in [-0.2, -0.15) is 9.40 Å². The largest absolute Gasteiger partial charge is 0.266 e. The van der Waals surface area contributed by atoms with Crippen molar-refractivity contribution < 1.29 is 8.42 Å². The minimum absolute atomic E-state index is 0.137. The Morgan fingerprint density at radius 2 is 2.25 bits per heavy atom. The number of nitrogens with one attached hydrogen (secondary N) is 1. The van der Waals surface area contributed by atoms with Crippen molar-refractivity contribution in [1.82, 2.24) is 14.5 Å². The van der Waals surface area contributed by atoms with Crippen LogP contribution in [0, 0.1) is 17.8 Å². The Labute approximate surface area is 124 Å². The molecule has 0 spiro atoms. The van der Waals surface area contributed by atoms with Crippen molar-refractivity contribution in [2.45, 2.75) is 36.6 Å². The molecule has 20 heavy (non-hydrogen) atoms. The molecule has 0 aromatic carbocycles. The van der Waals surface area contributed by atoms with Gasteiger partial charge in [-0.05, 0) is 37.0 Å². The first-order valence-corrected chi connectivity index (χ1v) is 9.04. The number of fused-ring (bicyclic) bond motifs is 2. The lowest BCUT2D eigenvalue weighted by molar-refractivity contribution is 0.280. The summed E-state index contributed by atoms with van der Waals surface area (Å²) in [5, 5.41) is 6.51. The Bertz CT molecular complexity index is 586. The highest BCUT2D eigenvalue weighted by molar-refractivity contribution is 7.89. The van der Waals surface area contributed by atoms with E-state index in [1.54, 1.807) is 7.05 Å². The summed E-state index contributed by atoms with van der Waals surface area (Å²) < 4.78 is 26.6. The number of hydrogen-bond acceptors (Lipinski definition) is 3. The van der Waals surface area contributed by atoms with Crippen LogP contribution in [0.4, 0.5) is 0 Å². The van der Waals surface area contributed by atoms with Crippen LogP contribution in [0.2, 0.25) is 0 Å². The molecule has 0 aliphatic heterocycles. The van der Waals surface area contributed by atoms with Crippen LogP contribution in [0.25, 0.3) is 0 Å². The lowest BCUT2D eigenvalue weighted by Gasteiger charge is -2.26. The van der Waals surface area contributed by atoms with E-state index in [2.05, 4.69) is 10.2 Å². The molecule has 2 aliphatic carbocycles. The van der Waals surface area contributed by atoms with E-state index < -0.39 is 10.0 Å². The predicted octanol–water partition coefficient (Wildman–Crippen LogP) is 2.21. The van der Waals surface area contributed by atoms with Crippen molar-refractivity contribution in [1.29, 1.82) is 0 Å². The predicted molar refractivity (Wildman–Crippen MR) is 76.9 cm³/mol. The summed E-state index contributed by atoms with van der Waals surface area (Å²) in [5.74, 6) is 2.20. The van der Waals surface area contributed by atoms with Crippen LogP contribution >= 0.6 is 11.6 Å². The topological polar surface area (TPSA) is 66.1 Å². The first-order valence-electron chi connectivity index (χ1n) is 7.07. The number of aromatic nitrogens is 2. The van der Waals surface area contributed by atoms with E-state index in [-0.39, 0.29) is 10.9 Å².